The highest BCUT2D eigenvalue weighted by Crippen LogP contribution is 2.48. The van der Waals surface area contributed by atoms with Crippen LogP contribution >= 0.6 is 11.8 Å². The first-order valence-corrected chi connectivity index (χ1v) is 6.28. The summed E-state index contributed by atoms with van der Waals surface area (Å²) in [6, 6.07) is 0. The summed E-state index contributed by atoms with van der Waals surface area (Å²) in [6.45, 7) is 0.810. The Balaban J connectivity index is 2.17. The van der Waals surface area contributed by atoms with Gasteiger partial charge in [-0.1, -0.05) is 0 Å². The molecule has 0 radical (unpaired) electrons. The fourth-order valence-electron chi connectivity index (χ4n) is 1.65. The minimum atomic E-state index is -0.481. The summed E-state index contributed by atoms with van der Waals surface area (Å²) in [4.78, 5) is 15.3. The molecule has 1 fully saturated rings. The van der Waals surface area contributed by atoms with E-state index in [2.05, 4.69) is 16.0 Å². The Kier molecular flexibility index (Phi) is 2.84. The van der Waals surface area contributed by atoms with Gasteiger partial charge in [0.1, 0.15) is 5.82 Å². The summed E-state index contributed by atoms with van der Waals surface area (Å²) in [6.07, 6.45) is 6.10. The average Bonchev–Trinajstić information content (AvgIpc) is 2.99. The normalized spacial score (nSPS) is 17.1. The van der Waals surface area contributed by atoms with Gasteiger partial charge >= 0.3 is 5.97 Å². The van der Waals surface area contributed by atoms with E-state index in [-0.39, 0.29) is 5.69 Å². The number of nitrogens with two attached hydrogens (primary N) is 1. The maximum atomic E-state index is 11.3. The predicted octanol–water partition coefficient (Wildman–Crippen LogP) is 1.15. The van der Waals surface area contributed by atoms with Crippen molar-refractivity contribution in [1.29, 1.82) is 0 Å². The van der Waals surface area contributed by atoms with Crippen LogP contribution in [-0.4, -0.2) is 33.6 Å². The van der Waals surface area contributed by atoms with E-state index in [1.807, 2.05) is 16.3 Å². The maximum Gasteiger partial charge on any atom is 0.360 e. The number of imidazole rings is 1. The van der Waals surface area contributed by atoms with E-state index in [1.165, 1.54) is 20.0 Å². The molecule has 5 nitrogen and oxygen atoms in total. The van der Waals surface area contributed by atoms with Gasteiger partial charge in [0.25, 0.3) is 0 Å². The van der Waals surface area contributed by atoms with Crippen molar-refractivity contribution in [3.8, 4) is 0 Å². The van der Waals surface area contributed by atoms with E-state index in [4.69, 9.17) is 5.73 Å². The van der Waals surface area contributed by atoms with Crippen LogP contribution in [0, 0.1) is 0 Å². The number of anilines is 1. The Hall–Kier alpha value is -1.17. The molecule has 1 aliphatic carbocycles. The number of carbonyl (C=O) groups is 1. The summed E-state index contributed by atoms with van der Waals surface area (Å²) in [5, 5.41) is 0. The molecule has 0 amide bonds. The first kappa shape index (κ1) is 11.3. The summed E-state index contributed by atoms with van der Waals surface area (Å²) in [5.41, 5.74) is 6.07. The van der Waals surface area contributed by atoms with Crippen LogP contribution in [0.2, 0.25) is 0 Å². The molecule has 16 heavy (non-hydrogen) atoms. The van der Waals surface area contributed by atoms with Gasteiger partial charge in [0.15, 0.2) is 5.69 Å². The van der Waals surface area contributed by atoms with Gasteiger partial charge < -0.3 is 15.0 Å². The molecule has 1 saturated carbocycles. The molecule has 1 heterocycles. The monoisotopic (exact) mass is 241 g/mol. The summed E-state index contributed by atoms with van der Waals surface area (Å²) in [7, 11) is 1.32. The van der Waals surface area contributed by atoms with Crippen LogP contribution < -0.4 is 5.73 Å². The number of nitrogens with zero attached hydrogens (tertiary/aromatic N) is 2. The van der Waals surface area contributed by atoms with E-state index >= 15 is 0 Å². The Morgan fingerprint density at radius 1 is 1.75 bits per heavy atom. The largest absolute Gasteiger partial charge is 0.464 e. The highest BCUT2D eigenvalue weighted by molar-refractivity contribution is 8.00. The van der Waals surface area contributed by atoms with E-state index in [0.717, 1.165) is 6.54 Å². The number of thioether (sulfide) groups is 1. The van der Waals surface area contributed by atoms with Gasteiger partial charge in [-0.25, -0.2) is 9.78 Å². The maximum absolute atomic E-state index is 11.3. The molecular formula is C10H15N3O2S. The smallest absolute Gasteiger partial charge is 0.360 e. The first-order chi connectivity index (χ1) is 7.62. The number of rotatable bonds is 4. The lowest BCUT2D eigenvalue weighted by Gasteiger charge is -2.13. The van der Waals surface area contributed by atoms with Crippen molar-refractivity contribution in [3.05, 3.63) is 12.0 Å². The highest BCUT2D eigenvalue weighted by atomic mass is 32.2. The summed E-state index contributed by atoms with van der Waals surface area (Å²) < 4.78 is 6.73. The van der Waals surface area contributed by atoms with Crippen LogP contribution in [0.4, 0.5) is 5.82 Å². The second-order valence-electron chi connectivity index (χ2n) is 3.99. The van der Waals surface area contributed by atoms with Crippen LogP contribution in [0.3, 0.4) is 0 Å². The molecule has 0 bridgehead atoms. The van der Waals surface area contributed by atoms with Gasteiger partial charge in [0.2, 0.25) is 0 Å². The molecule has 1 aliphatic rings. The molecule has 1 aromatic heterocycles. The number of hydrogen-bond acceptors (Lipinski definition) is 5. The van der Waals surface area contributed by atoms with Gasteiger partial charge in [-0.3, -0.25) is 0 Å². The van der Waals surface area contributed by atoms with Crippen molar-refractivity contribution in [2.75, 3.05) is 19.1 Å². The van der Waals surface area contributed by atoms with Crippen molar-refractivity contribution < 1.29 is 9.53 Å². The summed E-state index contributed by atoms with van der Waals surface area (Å²) >= 11 is 1.84. The van der Waals surface area contributed by atoms with Crippen molar-refractivity contribution >= 4 is 23.5 Å². The van der Waals surface area contributed by atoms with E-state index in [1.54, 1.807) is 6.33 Å². The molecule has 0 aromatic carbocycles. The van der Waals surface area contributed by atoms with Crippen LogP contribution in [0.25, 0.3) is 0 Å². The third-order valence-corrected chi connectivity index (χ3v) is 4.36. The van der Waals surface area contributed by atoms with Crippen LogP contribution in [0.15, 0.2) is 6.33 Å². The molecule has 0 spiro atoms. The second-order valence-corrected chi connectivity index (χ2v) is 5.26. The first-order valence-electron chi connectivity index (χ1n) is 5.06. The second kappa shape index (κ2) is 4.01. The molecule has 0 atom stereocenters. The molecule has 1 aromatic rings. The van der Waals surface area contributed by atoms with Crippen molar-refractivity contribution in [1.82, 2.24) is 9.55 Å². The Morgan fingerprint density at radius 2 is 2.44 bits per heavy atom. The number of carbonyl (C=O) groups excluding carboxylic acids is 1. The number of methoxy groups -OCH3 is 1. The molecule has 0 aliphatic heterocycles. The minimum Gasteiger partial charge on any atom is -0.464 e. The number of ether oxygens (including phenoxy) is 1. The van der Waals surface area contributed by atoms with Crippen LogP contribution in [0.5, 0.6) is 0 Å². The Bertz CT molecular complexity index is 412. The molecule has 0 saturated heterocycles. The van der Waals surface area contributed by atoms with Gasteiger partial charge in [-0.2, -0.15) is 11.8 Å². The van der Waals surface area contributed by atoms with Crippen LogP contribution in [-0.2, 0) is 11.3 Å². The third-order valence-electron chi connectivity index (χ3n) is 2.96. The predicted molar refractivity (Wildman–Crippen MR) is 63.5 cm³/mol. The zero-order valence-electron chi connectivity index (χ0n) is 9.40. The van der Waals surface area contributed by atoms with Crippen LogP contribution in [0.1, 0.15) is 23.3 Å². The van der Waals surface area contributed by atoms with E-state index in [9.17, 15) is 4.79 Å². The molecule has 88 valence electrons. The highest BCUT2D eigenvalue weighted by Gasteiger charge is 2.42. The zero-order chi connectivity index (χ0) is 11.8. The summed E-state index contributed by atoms with van der Waals surface area (Å²) in [5.74, 6) is -0.0857. The molecule has 2 rings (SSSR count). The Labute approximate surface area is 98.4 Å². The lowest BCUT2D eigenvalue weighted by atomic mass is 10.4. The van der Waals surface area contributed by atoms with E-state index in [0.29, 0.717) is 10.6 Å². The standard InChI is InChI=1S/C10H15N3O2S/c1-15-9(14)7-8(11)13(6-12-7)5-10(16-2)3-4-10/h6H,3-5,11H2,1-2H3. The van der Waals surface area contributed by atoms with Crippen molar-refractivity contribution in [3.63, 3.8) is 0 Å². The molecule has 6 heteroatoms. The third kappa shape index (κ3) is 1.89. The van der Waals surface area contributed by atoms with Gasteiger partial charge in [0, 0.05) is 11.3 Å². The minimum absolute atomic E-state index is 0.208. The fourth-order valence-corrected chi connectivity index (χ4v) is 2.43. The molecular weight excluding hydrogens is 226 g/mol. The average molecular weight is 241 g/mol. The van der Waals surface area contributed by atoms with Crippen molar-refractivity contribution in [2.45, 2.75) is 24.1 Å². The zero-order valence-corrected chi connectivity index (χ0v) is 10.2. The Morgan fingerprint density at radius 3 is 2.94 bits per heavy atom. The fraction of sp³-hybridized carbons (Fsp3) is 0.600. The topological polar surface area (TPSA) is 70.1 Å². The quantitative estimate of drug-likeness (QED) is 0.801. The molecule has 2 N–H and O–H groups in total. The lowest BCUT2D eigenvalue weighted by molar-refractivity contribution is 0.0596. The number of aromatic nitrogens is 2. The SMILES string of the molecule is COC(=O)c1ncn(CC2(SC)CC2)c1N. The molecule has 0 unspecified atom stereocenters. The van der Waals surface area contributed by atoms with Crippen molar-refractivity contribution in [2.24, 2.45) is 0 Å². The van der Waals surface area contributed by atoms with Gasteiger partial charge in [0.05, 0.1) is 13.4 Å². The number of esters is 1. The van der Waals surface area contributed by atoms with E-state index < -0.39 is 5.97 Å². The number of hydrogen-bond donors (Lipinski definition) is 1. The number of nitrogen functional groups attached to an aromatic ring is 1. The van der Waals surface area contributed by atoms with Gasteiger partial charge in [-0.05, 0) is 19.1 Å². The van der Waals surface area contributed by atoms with Gasteiger partial charge in [-0.15, -0.1) is 0 Å². The lowest BCUT2D eigenvalue weighted by Crippen LogP contribution is -2.15.